The van der Waals surface area contributed by atoms with Crippen LogP contribution in [-0.4, -0.2) is 11.4 Å². The van der Waals surface area contributed by atoms with Gasteiger partial charge in [-0.25, -0.2) is 0 Å². The number of carbonyl (C=O) groups excluding carboxylic acids is 1. The maximum Gasteiger partial charge on any atom is 0.220 e. The first kappa shape index (κ1) is 7.47. The molecular formula is C6H12NO. The van der Waals surface area contributed by atoms with Crippen LogP contribution in [0.4, 0.5) is 0 Å². The predicted octanol–water partition coefficient (Wildman–Crippen LogP) is 0.735. The molecule has 0 aliphatic carbocycles. The van der Waals surface area contributed by atoms with Gasteiger partial charge in [0.1, 0.15) is 0 Å². The summed E-state index contributed by atoms with van der Waals surface area (Å²) >= 11 is 0. The Labute approximate surface area is 50.3 Å². The summed E-state index contributed by atoms with van der Waals surface area (Å²) in [5.74, 6) is -0.225. The minimum atomic E-state index is -0.225. The van der Waals surface area contributed by atoms with Crippen LogP contribution in [0.3, 0.4) is 0 Å². The Morgan fingerprint density at radius 3 is 1.88 bits per heavy atom. The van der Waals surface area contributed by atoms with Gasteiger partial charge >= 0.3 is 0 Å². The molecule has 8 heavy (non-hydrogen) atoms. The fraction of sp³-hybridized carbons (Fsp3) is 0.667. The monoisotopic (exact) mass is 114 g/mol. The highest BCUT2D eigenvalue weighted by atomic mass is 16.1. The van der Waals surface area contributed by atoms with Crippen molar-refractivity contribution in [3.63, 3.8) is 0 Å². The first-order valence-electron chi connectivity index (χ1n) is 2.56. The topological polar surface area (TPSA) is 29.1 Å². The van der Waals surface area contributed by atoms with Crippen molar-refractivity contribution in [1.82, 2.24) is 5.32 Å². The van der Waals surface area contributed by atoms with Crippen molar-refractivity contribution >= 4 is 5.91 Å². The second-order valence-corrected chi connectivity index (χ2v) is 2.80. The molecule has 1 radical (unpaired) electrons. The summed E-state index contributed by atoms with van der Waals surface area (Å²) in [7, 11) is 0. The van der Waals surface area contributed by atoms with Gasteiger partial charge in [-0.1, -0.05) is 0 Å². The maximum atomic E-state index is 10.2. The summed E-state index contributed by atoms with van der Waals surface area (Å²) < 4.78 is 0. The van der Waals surface area contributed by atoms with Crippen molar-refractivity contribution in [3.8, 4) is 0 Å². The Morgan fingerprint density at radius 2 is 1.88 bits per heavy atom. The lowest BCUT2D eigenvalue weighted by Crippen LogP contribution is -2.39. The third kappa shape index (κ3) is 5.47. The van der Waals surface area contributed by atoms with Crippen LogP contribution in [0, 0.1) is 6.92 Å². The lowest BCUT2D eigenvalue weighted by atomic mass is 10.1. The summed E-state index contributed by atoms with van der Waals surface area (Å²) in [5.41, 5.74) is -0.140. The summed E-state index contributed by atoms with van der Waals surface area (Å²) in [6.07, 6.45) is 0. The van der Waals surface area contributed by atoms with E-state index in [0.717, 1.165) is 0 Å². The van der Waals surface area contributed by atoms with Crippen LogP contribution in [-0.2, 0) is 4.79 Å². The summed E-state index contributed by atoms with van der Waals surface area (Å²) in [6, 6.07) is 0. The fourth-order valence-electron chi connectivity index (χ4n) is 0.418. The molecule has 0 aliphatic heterocycles. The van der Waals surface area contributed by atoms with Crippen LogP contribution in [0.15, 0.2) is 0 Å². The Balaban J connectivity index is 3.55. The zero-order valence-electron chi connectivity index (χ0n) is 5.62. The molecule has 0 heterocycles. The average Bonchev–Trinajstić information content (AvgIpc) is 1.21. The molecule has 0 bridgehead atoms. The van der Waals surface area contributed by atoms with E-state index in [1.54, 1.807) is 0 Å². The van der Waals surface area contributed by atoms with Crippen LogP contribution in [0.1, 0.15) is 20.8 Å². The van der Waals surface area contributed by atoms with E-state index in [1.807, 2.05) is 20.8 Å². The van der Waals surface area contributed by atoms with Crippen molar-refractivity contribution in [1.29, 1.82) is 0 Å². The predicted molar refractivity (Wildman–Crippen MR) is 33.3 cm³/mol. The van der Waals surface area contributed by atoms with E-state index in [4.69, 9.17) is 0 Å². The van der Waals surface area contributed by atoms with Gasteiger partial charge < -0.3 is 5.32 Å². The molecule has 0 spiro atoms. The Kier molecular flexibility index (Phi) is 2.02. The van der Waals surface area contributed by atoms with Gasteiger partial charge in [-0.2, -0.15) is 0 Å². The zero-order valence-corrected chi connectivity index (χ0v) is 5.62. The Morgan fingerprint density at radius 1 is 1.50 bits per heavy atom. The SMILES string of the molecule is [CH2]C(=O)NC(C)(C)C. The molecular weight excluding hydrogens is 102 g/mol. The van der Waals surface area contributed by atoms with Crippen LogP contribution >= 0.6 is 0 Å². The van der Waals surface area contributed by atoms with Crippen LogP contribution in [0.2, 0.25) is 0 Å². The van der Waals surface area contributed by atoms with Crippen LogP contribution in [0.25, 0.3) is 0 Å². The molecule has 0 saturated carbocycles. The van der Waals surface area contributed by atoms with Crippen molar-refractivity contribution in [3.05, 3.63) is 6.92 Å². The molecule has 0 aliphatic rings. The van der Waals surface area contributed by atoms with Gasteiger partial charge in [0.15, 0.2) is 0 Å². The quantitative estimate of drug-likeness (QED) is 0.494. The van der Waals surface area contributed by atoms with Crippen molar-refractivity contribution in [2.45, 2.75) is 26.3 Å². The second-order valence-electron chi connectivity index (χ2n) is 2.80. The van der Waals surface area contributed by atoms with E-state index in [2.05, 4.69) is 12.2 Å². The van der Waals surface area contributed by atoms with Crippen LogP contribution < -0.4 is 5.32 Å². The van der Waals surface area contributed by atoms with E-state index in [-0.39, 0.29) is 11.4 Å². The molecule has 0 fully saturated rings. The highest BCUT2D eigenvalue weighted by Crippen LogP contribution is 1.96. The van der Waals surface area contributed by atoms with E-state index < -0.39 is 0 Å². The lowest BCUT2D eigenvalue weighted by molar-refractivity contribution is -0.118. The van der Waals surface area contributed by atoms with Gasteiger partial charge in [-0.05, 0) is 20.8 Å². The fourth-order valence-corrected chi connectivity index (χ4v) is 0.418. The molecule has 0 aromatic heterocycles. The standard InChI is InChI=1S/C6H12NO/c1-5(8)7-6(2,3)4/h1H2,2-4H3,(H,7,8). The molecule has 47 valence electrons. The smallest absolute Gasteiger partial charge is 0.220 e. The first-order valence-corrected chi connectivity index (χ1v) is 2.56. The zero-order chi connectivity index (χ0) is 6.78. The summed E-state index contributed by atoms with van der Waals surface area (Å²) in [6.45, 7) is 8.91. The van der Waals surface area contributed by atoms with Crippen molar-refractivity contribution in [2.75, 3.05) is 0 Å². The summed E-state index contributed by atoms with van der Waals surface area (Å²) in [5, 5.41) is 2.63. The van der Waals surface area contributed by atoms with E-state index in [0.29, 0.717) is 0 Å². The molecule has 1 amide bonds. The molecule has 0 aromatic carbocycles. The van der Waals surface area contributed by atoms with Gasteiger partial charge in [0.05, 0.1) is 0 Å². The average molecular weight is 114 g/mol. The van der Waals surface area contributed by atoms with E-state index >= 15 is 0 Å². The minimum absolute atomic E-state index is 0.140. The number of hydrogen-bond acceptors (Lipinski definition) is 1. The number of hydrogen-bond donors (Lipinski definition) is 1. The second kappa shape index (κ2) is 2.16. The van der Waals surface area contributed by atoms with Gasteiger partial charge in [-0.3, -0.25) is 4.79 Å². The number of nitrogens with one attached hydrogen (secondary N) is 1. The molecule has 2 nitrogen and oxygen atoms in total. The van der Waals surface area contributed by atoms with Gasteiger partial charge in [0.25, 0.3) is 0 Å². The van der Waals surface area contributed by atoms with Gasteiger partial charge in [0, 0.05) is 12.5 Å². The Hall–Kier alpha value is -0.530. The van der Waals surface area contributed by atoms with E-state index in [9.17, 15) is 4.79 Å². The largest absolute Gasteiger partial charge is 0.351 e. The third-order valence-electron chi connectivity index (χ3n) is 0.514. The maximum absolute atomic E-state index is 10.2. The number of rotatable bonds is 0. The summed E-state index contributed by atoms with van der Waals surface area (Å²) in [4.78, 5) is 10.2. The van der Waals surface area contributed by atoms with Gasteiger partial charge in [0.2, 0.25) is 5.91 Å². The molecule has 0 unspecified atom stereocenters. The molecule has 1 N–H and O–H groups in total. The third-order valence-corrected chi connectivity index (χ3v) is 0.514. The highest BCUT2D eigenvalue weighted by molar-refractivity contribution is 5.80. The Bertz CT molecular complexity index is 91.2. The molecule has 0 rings (SSSR count). The first-order chi connectivity index (χ1) is 3.42. The highest BCUT2D eigenvalue weighted by Gasteiger charge is 2.08. The molecule has 2 heteroatoms. The van der Waals surface area contributed by atoms with E-state index in [1.165, 1.54) is 0 Å². The molecule has 0 saturated heterocycles. The number of amides is 1. The van der Waals surface area contributed by atoms with Crippen molar-refractivity contribution < 1.29 is 4.79 Å². The normalized spacial score (nSPS) is 11.0. The van der Waals surface area contributed by atoms with Gasteiger partial charge in [-0.15, -0.1) is 0 Å². The van der Waals surface area contributed by atoms with Crippen molar-refractivity contribution in [2.24, 2.45) is 0 Å². The van der Waals surface area contributed by atoms with Crippen LogP contribution in [0.5, 0.6) is 0 Å². The number of carbonyl (C=O) groups is 1. The molecule has 0 aromatic rings. The molecule has 0 atom stereocenters. The minimum Gasteiger partial charge on any atom is -0.351 e. The lowest BCUT2D eigenvalue weighted by Gasteiger charge is -2.18.